The number of aryl methyl sites for hydroxylation is 2. The van der Waals surface area contributed by atoms with Gasteiger partial charge in [0, 0.05) is 32.7 Å². The number of hydrogen-bond donors (Lipinski definition) is 1. The first kappa shape index (κ1) is 17.8. The third-order valence-electron chi connectivity index (χ3n) is 4.47. The average molecular weight is 353 g/mol. The minimum atomic E-state index is -0.393. The zero-order valence-electron chi connectivity index (χ0n) is 15.5. The molecule has 1 saturated heterocycles. The second-order valence-electron chi connectivity index (χ2n) is 6.69. The molecule has 26 heavy (non-hydrogen) atoms. The van der Waals surface area contributed by atoms with Crippen molar-refractivity contribution in [1.29, 1.82) is 0 Å². The number of para-hydroxylation sites is 1. The summed E-state index contributed by atoms with van der Waals surface area (Å²) in [6.07, 6.45) is 0.204. The van der Waals surface area contributed by atoms with Crippen LogP contribution in [0.5, 0.6) is 0 Å². The fraction of sp³-hybridized carbons (Fsp3) is 0.368. The van der Waals surface area contributed by atoms with Crippen molar-refractivity contribution in [2.45, 2.75) is 20.3 Å². The Kier molecular flexibility index (Phi) is 4.88. The van der Waals surface area contributed by atoms with Crippen LogP contribution in [0.2, 0.25) is 0 Å². The molecular weight excluding hydrogens is 330 g/mol. The van der Waals surface area contributed by atoms with Gasteiger partial charge in [0.1, 0.15) is 0 Å². The maximum absolute atomic E-state index is 12.7. The largest absolute Gasteiger partial charge is 0.347 e. The number of amides is 2. The molecule has 0 spiro atoms. The van der Waals surface area contributed by atoms with Crippen LogP contribution in [0.15, 0.2) is 30.3 Å². The van der Waals surface area contributed by atoms with Gasteiger partial charge in [-0.15, -0.1) is 0 Å². The molecule has 2 heterocycles. The van der Waals surface area contributed by atoms with Gasteiger partial charge in [0.05, 0.1) is 23.0 Å². The topological polar surface area (TPSA) is 78.4 Å². The number of rotatable bonds is 4. The standard InChI is InChI=1S/C19H23N5O2/c1-12-17(13(2)21-19(20-12)23(3)4)22-18(26)14-10-16(25)24(11-14)15-8-6-5-7-9-15/h5-9,14H,10-11H2,1-4H3,(H,22,26). The molecule has 1 N–H and O–H groups in total. The summed E-state index contributed by atoms with van der Waals surface area (Å²) in [6.45, 7) is 4.06. The van der Waals surface area contributed by atoms with Gasteiger partial charge in [-0.25, -0.2) is 9.97 Å². The Labute approximate surface area is 153 Å². The van der Waals surface area contributed by atoms with E-state index in [4.69, 9.17) is 0 Å². The van der Waals surface area contributed by atoms with E-state index in [9.17, 15) is 9.59 Å². The minimum Gasteiger partial charge on any atom is -0.347 e. The lowest BCUT2D eigenvalue weighted by Gasteiger charge is -2.18. The molecule has 1 aromatic heterocycles. The third kappa shape index (κ3) is 3.51. The average Bonchev–Trinajstić information content (AvgIpc) is 3.00. The molecule has 1 aliphatic rings. The summed E-state index contributed by atoms with van der Waals surface area (Å²) in [7, 11) is 3.74. The zero-order chi connectivity index (χ0) is 18.8. The molecule has 2 amide bonds. The van der Waals surface area contributed by atoms with Crippen molar-refractivity contribution in [2.24, 2.45) is 5.92 Å². The molecule has 2 aromatic rings. The van der Waals surface area contributed by atoms with E-state index in [1.807, 2.05) is 63.2 Å². The lowest BCUT2D eigenvalue weighted by molar-refractivity contribution is -0.122. The molecule has 1 fully saturated rings. The maximum atomic E-state index is 12.7. The predicted octanol–water partition coefficient (Wildman–Crippen LogP) is 2.15. The van der Waals surface area contributed by atoms with Crippen LogP contribution in [0.25, 0.3) is 0 Å². The van der Waals surface area contributed by atoms with Crippen LogP contribution in [0.1, 0.15) is 17.8 Å². The Hall–Kier alpha value is -2.96. The Morgan fingerprint density at radius 2 is 1.77 bits per heavy atom. The van der Waals surface area contributed by atoms with Gasteiger partial charge in [-0.2, -0.15) is 0 Å². The smallest absolute Gasteiger partial charge is 0.229 e. The number of carbonyl (C=O) groups is 2. The first-order valence-electron chi connectivity index (χ1n) is 8.55. The van der Waals surface area contributed by atoms with Gasteiger partial charge >= 0.3 is 0 Å². The number of anilines is 3. The molecule has 1 aliphatic heterocycles. The molecule has 1 unspecified atom stereocenters. The monoisotopic (exact) mass is 353 g/mol. The summed E-state index contributed by atoms with van der Waals surface area (Å²) < 4.78 is 0. The number of nitrogens with one attached hydrogen (secondary N) is 1. The molecular formula is C19H23N5O2. The van der Waals surface area contributed by atoms with Gasteiger partial charge in [-0.1, -0.05) is 18.2 Å². The Bertz CT molecular complexity index is 812. The van der Waals surface area contributed by atoms with Gasteiger partial charge in [0.15, 0.2) is 0 Å². The van der Waals surface area contributed by atoms with Gasteiger partial charge in [0.25, 0.3) is 0 Å². The molecule has 136 valence electrons. The highest BCUT2D eigenvalue weighted by molar-refractivity contribution is 6.03. The molecule has 7 heteroatoms. The first-order chi connectivity index (χ1) is 12.4. The van der Waals surface area contributed by atoms with E-state index < -0.39 is 5.92 Å². The SMILES string of the molecule is Cc1nc(N(C)C)nc(C)c1NC(=O)C1CC(=O)N(c2ccccc2)C1. The third-order valence-corrected chi connectivity index (χ3v) is 4.47. The molecule has 0 aliphatic carbocycles. The normalized spacial score (nSPS) is 16.7. The molecule has 0 radical (unpaired) electrons. The highest BCUT2D eigenvalue weighted by atomic mass is 16.2. The number of hydrogen-bond acceptors (Lipinski definition) is 5. The maximum Gasteiger partial charge on any atom is 0.229 e. The highest BCUT2D eigenvalue weighted by Gasteiger charge is 2.35. The van der Waals surface area contributed by atoms with Crippen molar-refractivity contribution in [3.05, 3.63) is 41.7 Å². The minimum absolute atomic E-state index is 0.0380. The van der Waals surface area contributed by atoms with E-state index in [1.54, 1.807) is 4.90 Å². The Morgan fingerprint density at radius 3 is 2.35 bits per heavy atom. The van der Waals surface area contributed by atoms with Crippen molar-refractivity contribution in [3.8, 4) is 0 Å². The van der Waals surface area contributed by atoms with E-state index in [1.165, 1.54) is 0 Å². The van der Waals surface area contributed by atoms with Gasteiger partial charge in [-0.05, 0) is 26.0 Å². The van der Waals surface area contributed by atoms with Crippen molar-refractivity contribution < 1.29 is 9.59 Å². The van der Waals surface area contributed by atoms with E-state index in [0.717, 1.165) is 5.69 Å². The van der Waals surface area contributed by atoms with Crippen LogP contribution < -0.4 is 15.1 Å². The predicted molar refractivity (Wildman–Crippen MR) is 101 cm³/mol. The van der Waals surface area contributed by atoms with Crippen LogP contribution in [0.3, 0.4) is 0 Å². The number of aromatic nitrogens is 2. The van der Waals surface area contributed by atoms with Gasteiger partial charge in [-0.3, -0.25) is 9.59 Å². The van der Waals surface area contributed by atoms with Crippen LogP contribution >= 0.6 is 0 Å². The summed E-state index contributed by atoms with van der Waals surface area (Å²) in [4.78, 5) is 37.3. The molecule has 1 aromatic carbocycles. The number of benzene rings is 1. The second kappa shape index (κ2) is 7.11. The number of nitrogens with zero attached hydrogens (tertiary/aromatic N) is 4. The van der Waals surface area contributed by atoms with Crippen molar-refractivity contribution >= 4 is 29.1 Å². The fourth-order valence-electron chi connectivity index (χ4n) is 3.05. The van der Waals surface area contributed by atoms with E-state index in [2.05, 4.69) is 15.3 Å². The summed E-state index contributed by atoms with van der Waals surface area (Å²) in [5.74, 6) is -0.00693. The Morgan fingerprint density at radius 1 is 1.15 bits per heavy atom. The van der Waals surface area contributed by atoms with E-state index in [0.29, 0.717) is 29.6 Å². The molecule has 3 rings (SSSR count). The van der Waals surface area contributed by atoms with Crippen LogP contribution in [0, 0.1) is 19.8 Å². The number of carbonyl (C=O) groups excluding carboxylic acids is 2. The van der Waals surface area contributed by atoms with Crippen molar-refractivity contribution in [3.63, 3.8) is 0 Å². The quantitative estimate of drug-likeness (QED) is 0.911. The summed E-state index contributed by atoms with van der Waals surface area (Å²) in [5.41, 5.74) is 2.85. The van der Waals surface area contributed by atoms with Gasteiger partial charge < -0.3 is 15.1 Å². The van der Waals surface area contributed by atoms with E-state index >= 15 is 0 Å². The van der Waals surface area contributed by atoms with Crippen LogP contribution in [-0.2, 0) is 9.59 Å². The van der Waals surface area contributed by atoms with Crippen LogP contribution in [0.4, 0.5) is 17.3 Å². The summed E-state index contributed by atoms with van der Waals surface area (Å²) in [5, 5.41) is 2.92. The molecule has 0 bridgehead atoms. The zero-order valence-corrected chi connectivity index (χ0v) is 15.5. The summed E-state index contributed by atoms with van der Waals surface area (Å²) >= 11 is 0. The summed E-state index contributed by atoms with van der Waals surface area (Å²) in [6, 6.07) is 9.41. The second-order valence-corrected chi connectivity index (χ2v) is 6.69. The van der Waals surface area contributed by atoms with E-state index in [-0.39, 0.29) is 18.2 Å². The Balaban J connectivity index is 1.74. The fourth-order valence-corrected chi connectivity index (χ4v) is 3.05. The van der Waals surface area contributed by atoms with Crippen molar-refractivity contribution in [1.82, 2.24) is 9.97 Å². The molecule has 0 saturated carbocycles. The molecule has 1 atom stereocenters. The first-order valence-corrected chi connectivity index (χ1v) is 8.55. The lowest BCUT2D eigenvalue weighted by atomic mass is 10.1. The van der Waals surface area contributed by atoms with Crippen LogP contribution in [-0.4, -0.2) is 42.4 Å². The highest BCUT2D eigenvalue weighted by Crippen LogP contribution is 2.27. The molecule has 7 nitrogen and oxygen atoms in total. The van der Waals surface area contributed by atoms with Crippen molar-refractivity contribution in [2.75, 3.05) is 35.8 Å². The van der Waals surface area contributed by atoms with Gasteiger partial charge in [0.2, 0.25) is 17.8 Å². The lowest BCUT2D eigenvalue weighted by Crippen LogP contribution is -2.28.